The van der Waals surface area contributed by atoms with Crippen LogP contribution in [-0.2, 0) is 5.75 Å². The summed E-state index contributed by atoms with van der Waals surface area (Å²) in [5.41, 5.74) is 0. The van der Waals surface area contributed by atoms with Crippen LogP contribution in [-0.4, -0.2) is 10.7 Å². The highest BCUT2D eigenvalue weighted by Crippen LogP contribution is 2.21. The Bertz CT molecular complexity index is 199. The van der Waals surface area contributed by atoms with E-state index in [1.165, 1.54) is 0 Å². The van der Waals surface area contributed by atoms with Crippen molar-refractivity contribution in [2.75, 3.05) is 5.75 Å². The van der Waals surface area contributed by atoms with Gasteiger partial charge in [-0.05, 0) is 5.75 Å². The normalized spacial score (nSPS) is 10.2. The van der Waals surface area contributed by atoms with Gasteiger partial charge in [-0.2, -0.15) is 11.8 Å². The van der Waals surface area contributed by atoms with Gasteiger partial charge in [0.25, 0.3) is 0 Å². The molecule has 0 unspecified atom stereocenters. The van der Waals surface area contributed by atoms with Gasteiger partial charge in [0.1, 0.15) is 9.34 Å². The molecule has 0 aromatic carbocycles. The van der Waals surface area contributed by atoms with E-state index >= 15 is 0 Å². The van der Waals surface area contributed by atoms with Crippen LogP contribution in [0.1, 0.15) is 11.9 Å². The monoisotopic (exact) mass is 193 g/mol. The van der Waals surface area contributed by atoms with Crippen LogP contribution in [0.4, 0.5) is 0 Å². The Labute approximate surface area is 73.8 Å². The Kier molecular flexibility index (Phi) is 3.52. The number of halogens is 1. The largest absolute Gasteiger partial charge is 0.247 e. The Balaban J connectivity index is 2.42. The van der Waals surface area contributed by atoms with Gasteiger partial charge in [0.05, 0.1) is 6.20 Å². The zero-order valence-electron chi connectivity index (χ0n) is 5.63. The number of rotatable bonds is 3. The topological polar surface area (TPSA) is 12.9 Å². The molecule has 0 bridgehead atoms. The lowest BCUT2D eigenvalue weighted by atomic mass is 10.8. The van der Waals surface area contributed by atoms with E-state index in [1.54, 1.807) is 17.5 Å². The van der Waals surface area contributed by atoms with Crippen LogP contribution in [0, 0.1) is 0 Å². The average Bonchev–Trinajstić information content (AvgIpc) is 2.31. The highest BCUT2D eigenvalue weighted by molar-refractivity contribution is 7.98. The van der Waals surface area contributed by atoms with Crippen LogP contribution >= 0.6 is 34.7 Å². The fourth-order valence-corrected chi connectivity index (χ4v) is 2.23. The van der Waals surface area contributed by atoms with Crippen LogP contribution in [0.25, 0.3) is 0 Å². The molecule has 4 heteroatoms. The van der Waals surface area contributed by atoms with E-state index in [9.17, 15) is 0 Å². The van der Waals surface area contributed by atoms with Crippen molar-refractivity contribution in [1.29, 1.82) is 0 Å². The lowest BCUT2D eigenvalue weighted by Crippen LogP contribution is -1.75. The molecule has 0 saturated heterocycles. The summed E-state index contributed by atoms with van der Waals surface area (Å²) in [7, 11) is 0. The van der Waals surface area contributed by atoms with Crippen molar-refractivity contribution in [3.63, 3.8) is 0 Å². The van der Waals surface area contributed by atoms with Gasteiger partial charge in [0.2, 0.25) is 0 Å². The van der Waals surface area contributed by atoms with Gasteiger partial charge < -0.3 is 0 Å². The summed E-state index contributed by atoms with van der Waals surface area (Å²) < 4.78 is 0.784. The molecular formula is C6H8ClNS2. The molecule has 0 saturated carbocycles. The predicted octanol–water partition coefficient (Wildman–Crippen LogP) is 3.05. The van der Waals surface area contributed by atoms with Gasteiger partial charge in [0.15, 0.2) is 0 Å². The zero-order chi connectivity index (χ0) is 7.40. The summed E-state index contributed by atoms with van der Waals surface area (Å²) in [5, 5.41) is 1.12. The van der Waals surface area contributed by atoms with Crippen LogP contribution < -0.4 is 0 Å². The Morgan fingerprint density at radius 3 is 3.10 bits per heavy atom. The summed E-state index contributed by atoms with van der Waals surface area (Å²) in [6.45, 7) is 2.14. The molecule has 0 N–H and O–H groups in total. The first kappa shape index (κ1) is 8.37. The molecule has 1 rings (SSSR count). The molecule has 0 amide bonds. The summed E-state index contributed by atoms with van der Waals surface area (Å²) in [6, 6.07) is 0. The Morgan fingerprint density at radius 1 is 1.80 bits per heavy atom. The van der Waals surface area contributed by atoms with E-state index in [0.29, 0.717) is 0 Å². The quantitative estimate of drug-likeness (QED) is 0.732. The molecule has 56 valence electrons. The maximum Gasteiger partial charge on any atom is 0.113 e. The summed E-state index contributed by atoms with van der Waals surface area (Å²) in [4.78, 5) is 4.12. The van der Waals surface area contributed by atoms with E-state index < -0.39 is 0 Å². The molecule has 0 fully saturated rings. The minimum absolute atomic E-state index is 0.784. The van der Waals surface area contributed by atoms with Crippen molar-refractivity contribution < 1.29 is 0 Å². The minimum Gasteiger partial charge on any atom is -0.247 e. The van der Waals surface area contributed by atoms with Crippen LogP contribution in [0.2, 0.25) is 4.34 Å². The summed E-state index contributed by atoms with van der Waals surface area (Å²) in [6.07, 6.45) is 1.71. The molecule has 1 aromatic rings. The van der Waals surface area contributed by atoms with Crippen molar-refractivity contribution in [2.24, 2.45) is 0 Å². The van der Waals surface area contributed by atoms with Crippen molar-refractivity contribution >= 4 is 34.7 Å². The molecule has 10 heavy (non-hydrogen) atoms. The van der Waals surface area contributed by atoms with Crippen LogP contribution in [0.15, 0.2) is 6.20 Å². The summed E-state index contributed by atoms with van der Waals surface area (Å²) >= 11 is 9.11. The van der Waals surface area contributed by atoms with E-state index in [-0.39, 0.29) is 0 Å². The fourth-order valence-electron chi connectivity index (χ4n) is 0.544. The van der Waals surface area contributed by atoms with Crippen molar-refractivity contribution in [3.8, 4) is 0 Å². The van der Waals surface area contributed by atoms with Crippen molar-refractivity contribution in [1.82, 2.24) is 4.98 Å². The number of hydrogen-bond acceptors (Lipinski definition) is 3. The lowest BCUT2D eigenvalue weighted by molar-refractivity contribution is 1.27. The predicted molar refractivity (Wildman–Crippen MR) is 49.0 cm³/mol. The molecule has 1 nitrogen and oxygen atoms in total. The molecule has 0 radical (unpaired) electrons. The Hall–Kier alpha value is 0.270. The standard InChI is InChI=1S/C6H8ClNS2/c1-2-9-4-6-8-3-5(7)10-6/h3H,2,4H2,1H3. The second kappa shape index (κ2) is 4.21. The first-order valence-electron chi connectivity index (χ1n) is 3.01. The van der Waals surface area contributed by atoms with Gasteiger partial charge >= 0.3 is 0 Å². The lowest BCUT2D eigenvalue weighted by Gasteiger charge is -1.89. The van der Waals surface area contributed by atoms with Gasteiger partial charge in [-0.3, -0.25) is 0 Å². The third kappa shape index (κ3) is 2.48. The third-order valence-electron chi connectivity index (χ3n) is 0.955. The average molecular weight is 194 g/mol. The first-order chi connectivity index (χ1) is 4.83. The van der Waals surface area contributed by atoms with E-state index in [2.05, 4.69) is 11.9 Å². The highest BCUT2D eigenvalue weighted by Gasteiger charge is 1.97. The fraction of sp³-hybridized carbons (Fsp3) is 0.500. The number of thioether (sulfide) groups is 1. The maximum absolute atomic E-state index is 5.69. The molecule has 0 aliphatic rings. The summed E-state index contributed by atoms with van der Waals surface area (Å²) in [5.74, 6) is 2.13. The molecular weight excluding hydrogens is 186 g/mol. The van der Waals surface area contributed by atoms with Gasteiger partial charge in [-0.25, -0.2) is 4.98 Å². The third-order valence-corrected chi connectivity index (χ3v) is 3.14. The number of hydrogen-bond donors (Lipinski definition) is 0. The number of thiazole rings is 1. The highest BCUT2D eigenvalue weighted by atomic mass is 35.5. The van der Waals surface area contributed by atoms with Gasteiger partial charge in [-0.1, -0.05) is 18.5 Å². The van der Waals surface area contributed by atoms with Gasteiger partial charge in [-0.15, -0.1) is 11.3 Å². The van der Waals surface area contributed by atoms with Crippen LogP contribution in [0.5, 0.6) is 0 Å². The molecule has 0 atom stereocenters. The van der Waals surface area contributed by atoms with Crippen LogP contribution in [0.3, 0.4) is 0 Å². The first-order valence-corrected chi connectivity index (χ1v) is 5.35. The molecule has 1 heterocycles. The smallest absolute Gasteiger partial charge is 0.113 e. The number of nitrogens with zero attached hydrogens (tertiary/aromatic N) is 1. The second-order valence-electron chi connectivity index (χ2n) is 1.70. The minimum atomic E-state index is 0.784. The molecule has 1 aromatic heterocycles. The second-order valence-corrected chi connectivity index (χ2v) is 4.72. The van der Waals surface area contributed by atoms with Gasteiger partial charge in [0, 0.05) is 5.75 Å². The zero-order valence-corrected chi connectivity index (χ0v) is 8.02. The molecule has 0 spiro atoms. The Morgan fingerprint density at radius 2 is 2.60 bits per heavy atom. The van der Waals surface area contributed by atoms with Crippen molar-refractivity contribution in [3.05, 3.63) is 15.5 Å². The van der Waals surface area contributed by atoms with E-state index in [0.717, 1.165) is 20.8 Å². The number of aromatic nitrogens is 1. The maximum atomic E-state index is 5.69. The van der Waals surface area contributed by atoms with E-state index in [4.69, 9.17) is 11.6 Å². The SMILES string of the molecule is CCSCc1ncc(Cl)s1. The molecule has 0 aliphatic heterocycles. The molecule has 0 aliphatic carbocycles. The van der Waals surface area contributed by atoms with Crippen molar-refractivity contribution in [2.45, 2.75) is 12.7 Å². The van der Waals surface area contributed by atoms with E-state index in [1.807, 2.05) is 11.8 Å².